The molecular formula is C12H16N2O2S. The first-order valence-electron chi connectivity index (χ1n) is 5.82. The molecule has 0 spiro atoms. The lowest BCUT2D eigenvalue weighted by Crippen LogP contribution is -2.52. The molecule has 17 heavy (non-hydrogen) atoms. The maximum absolute atomic E-state index is 11.9. The number of nitrogens with zero attached hydrogens (tertiary/aromatic N) is 1. The number of piperazine rings is 1. The minimum Gasteiger partial charge on any atom is -0.345 e. The van der Waals surface area contributed by atoms with E-state index in [1.54, 1.807) is 16.2 Å². The van der Waals surface area contributed by atoms with Gasteiger partial charge in [0.15, 0.2) is 0 Å². The zero-order chi connectivity index (χ0) is 12.3. The second-order valence-corrected chi connectivity index (χ2v) is 5.10. The van der Waals surface area contributed by atoms with Gasteiger partial charge < -0.3 is 10.2 Å². The lowest BCUT2D eigenvalue weighted by molar-refractivity contribution is -0.143. The number of carbonyl (C=O) groups excluding carboxylic acids is 2. The summed E-state index contributed by atoms with van der Waals surface area (Å²) in [5.41, 5.74) is 0. The highest BCUT2D eigenvalue weighted by atomic mass is 32.1. The molecule has 0 saturated carbocycles. The fourth-order valence-corrected chi connectivity index (χ4v) is 2.94. The second kappa shape index (κ2) is 5.31. The van der Waals surface area contributed by atoms with Crippen molar-refractivity contribution in [3.8, 4) is 0 Å². The van der Waals surface area contributed by atoms with Crippen LogP contribution in [0.2, 0.25) is 0 Å². The van der Waals surface area contributed by atoms with Crippen LogP contribution in [0.25, 0.3) is 0 Å². The van der Waals surface area contributed by atoms with Crippen LogP contribution in [0.5, 0.6) is 0 Å². The van der Waals surface area contributed by atoms with Crippen molar-refractivity contribution in [2.75, 3.05) is 13.1 Å². The zero-order valence-electron chi connectivity index (χ0n) is 9.81. The Bertz CT molecular complexity index is 403. The highest BCUT2D eigenvalue weighted by Crippen LogP contribution is 2.29. The van der Waals surface area contributed by atoms with Crippen molar-refractivity contribution in [3.63, 3.8) is 0 Å². The number of thiophene rings is 1. The lowest BCUT2D eigenvalue weighted by Gasteiger charge is -2.33. The van der Waals surface area contributed by atoms with Gasteiger partial charge in [0, 0.05) is 4.88 Å². The third-order valence-corrected chi connectivity index (χ3v) is 3.85. The molecule has 1 aliphatic heterocycles. The number of amides is 2. The van der Waals surface area contributed by atoms with Gasteiger partial charge in [-0.15, -0.1) is 11.3 Å². The first-order chi connectivity index (χ1) is 8.22. The van der Waals surface area contributed by atoms with Crippen molar-refractivity contribution in [1.82, 2.24) is 10.2 Å². The van der Waals surface area contributed by atoms with Crippen LogP contribution in [0.15, 0.2) is 17.5 Å². The van der Waals surface area contributed by atoms with Gasteiger partial charge in [-0.1, -0.05) is 19.4 Å². The Morgan fingerprint density at radius 3 is 3.00 bits per heavy atom. The van der Waals surface area contributed by atoms with Gasteiger partial charge in [-0.05, 0) is 17.9 Å². The maximum atomic E-state index is 11.9. The van der Waals surface area contributed by atoms with Crippen molar-refractivity contribution in [2.45, 2.75) is 25.8 Å². The molecule has 1 fully saturated rings. The van der Waals surface area contributed by atoms with Crippen molar-refractivity contribution in [2.24, 2.45) is 0 Å². The molecule has 1 atom stereocenters. The van der Waals surface area contributed by atoms with Gasteiger partial charge in [0.2, 0.25) is 11.8 Å². The van der Waals surface area contributed by atoms with E-state index in [0.29, 0.717) is 0 Å². The van der Waals surface area contributed by atoms with Crippen molar-refractivity contribution >= 4 is 23.2 Å². The largest absolute Gasteiger partial charge is 0.345 e. The van der Waals surface area contributed by atoms with E-state index in [4.69, 9.17) is 0 Å². The van der Waals surface area contributed by atoms with Crippen LogP contribution in [0.4, 0.5) is 0 Å². The predicted octanol–water partition coefficient (Wildman–Crippen LogP) is 1.55. The van der Waals surface area contributed by atoms with Crippen LogP contribution in [0, 0.1) is 0 Å². The third-order valence-electron chi connectivity index (χ3n) is 2.88. The fraction of sp³-hybridized carbons (Fsp3) is 0.500. The molecule has 0 bridgehead atoms. The molecule has 5 heteroatoms. The average molecular weight is 252 g/mol. The van der Waals surface area contributed by atoms with Crippen LogP contribution in [0.3, 0.4) is 0 Å². The summed E-state index contributed by atoms with van der Waals surface area (Å²) in [4.78, 5) is 26.1. The quantitative estimate of drug-likeness (QED) is 0.884. The van der Waals surface area contributed by atoms with E-state index in [9.17, 15) is 9.59 Å². The zero-order valence-corrected chi connectivity index (χ0v) is 10.6. The summed E-state index contributed by atoms with van der Waals surface area (Å²) in [5, 5.41) is 4.58. The van der Waals surface area contributed by atoms with Crippen LogP contribution in [-0.2, 0) is 9.59 Å². The molecule has 0 aromatic carbocycles. The fourth-order valence-electron chi connectivity index (χ4n) is 2.06. The summed E-state index contributed by atoms with van der Waals surface area (Å²) in [6, 6.07) is 4.07. The molecular weight excluding hydrogens is 236 g/mol. The first kappa shape index (κ1) is 12.1. The number of hydrogen-bond acceptors (Lipinski definition) is 3. The van der Waals surface area contributed by atoms with Crippen LogP contribution < -0.4 is 5.32 Å². The smallest absolute Gasteiger partial charge is 0.242 e. The van der Waals surface area contributed by atoms with E-state index in [2.05, 4.69) is 12.2 Å². The van der Waals surface area contributed by atoms with Crippen molar-refractivity contribution in [1.29, 1.82) is 0 Å². The molecule has 2 rings (SSSR count). The van der Waals surface area contributed by atoms with Gasteiger partial charge >= 0.3 is 0 Å². The summed E-state index contributed by atoms with van der Waals surface area (Å²) < 4.78 is 0. The van der Waals surface area contributed by atoms with E-state index in [1.165, 1.54) is 0 Å². The highest BCUT2D eigenvalue weighted by molar-refractivity contribution is 7.10. The Kier molecular flexibility index (Phi) is 3.78. The minimum absolute atomic E-state index is 0.0106. The molecule has 1 aliphatic rings. The third kappa shape index (κ3) is 2.66. The standard InChI is InChI=1S/C12H16N2O2S/c1-2-4-9(10-5-3-6-17-10)14-8-11(15)13-7-12(14)16/h3,5-6,9H,2,4,7-8H2,1H3,(H,13,15). The first-order valence-corrected chi connectivity index (χ1v) is 6.70. The Morgan fingerprint density at radius 2 is 2.35 bits per heavy atom. The molecule has 1 unspecified atom stereocenters. The summed E-state index contributed by atoms with van der Waals surface area (Å²) in [5.74, 6) is -0.0568. The van der Waals surface area contributed by atoms with E-state index >= 15 is 0 Å². The number of carbonyl (C=O) groups is 2. The molecule has 1 aromatic rings. The van der Waals surface area contributed by atoms with Gasteiger partial charge in [0.25, 0.3) is 0 Å². The summed E-state index contributed by atoms with van der Waals surface area (Å²) in [7, 11) is 0. The molecule has 92 valence electrons. The Morgan fingerprint density at radius 1 is 1.53 bits per heavy atom. The SMILES string of the molecule is CCCC(c1cccs1)N1CC(=O)NCC1=O. The summed E-state index contributed by atoms with van der Waals surface area (Å²) >= 11 is 1.64. The van der Waals surface area contributed by atoms with Crippen molar-refractivity contribution in [3.05, 3.63) is 22.4 Å². The van der Waals surface area contributed by atoms with Gasteiger partial charge in [-0.2, -0.15) is 0 Å². The Labute approximate surface area is 105 Å². The monoisotopic (exact) mass is 252 g/mol. The second-order valence-electron chi connectivity index (χ2n) is 4.12. The van der Waals surface area contributed by atoms with Crippen LogP contribution in [-0.4, -0.2) is 29.8 Å². The maximum Gasteiger partial charge on any atom is 0.242 e. The van der Waals surface area contributed by atoms with E-state index in [0.717, 1.165) is 17.7 Å². The van der Waals surface area contributed by atoms with Gasteiger partial charge in [-0.3, -0.25) is 9.59 Å². The lowest BCUT2D eigenvalue weighted by atomic mass is 10.1. The molecule has 0 aliphatic carbocycles. The Hall–Kier alpha value is -1.36. The van der Waals surface area contributed by atoms with Gasteiger partial charge in [0.05, 0.1) is 12.6 Å². The topological polar surface area (TPSA) is 49.4 Å². The number of hydrogen-bond donors (Lipinski definition) is 1. The van der Waals surface area contributed by atoms with E-state index in [1.807, 2.05) is 17.5 Å². The minimum atomic E-state index is -0.0674. The van der Waals surface area contributed by atoms with Crippen LogP contribution in [0.1, 0.15) is 30.7 Å². The normalized spacial score (nSPS) is 18.1. The average Bonchev–Trinajstić information content (AvgIpc) is 2.83. The number of nitrogens with one attached hydrogen (secondary N) is 1. The molecule has 1 N–H and O–H groups in total. The highest BCUT2D eigenvalue weighted by Gasteiger charge is 2.30. The molecule has 1 saturated heterocycles. The molecule has 0 radical (unpaired) electrons. The molecule has 2 heterocycles. The van der Waals surface area contributed by atoms with Gasteiger partial charge in [-0.25, -0.2) is 0 Å². The number of rotatable bonds is 4. The molecule has 2 amide bonds. The predicted molar refractivity (Wildman–Crippen MR) is 66.7 cm³/mol. The summed E-state index contributed by atoms with van der Waals surface area (Å²) in [6.45, 7) is 2.40. The van der Waals surface area contributed by atoms with Gasteiger partial charge in [0.1, 0.15) is 6.54 Å². The van der Waals surface area contributed by atoms with Crippen LogP contribution >= 0.6 is 11.3 Å². The summed E-state index contributed by atoms with van der Waals surface area (Å²) in [6.07, 6.45) is 1.90. The van der Waals surface area contributed by atoms with E-state index < -0.39 is 0 Å². The molecule has 4 nitrogen and oxygen atoms in total. The van der Waals surface area contributed by atoms with Crippen molar-refractivity contribution < 1.29 is 9.59 Å². The Balaban J connectivity index is 2.20. The molecule has 1 aromatic heterocycles. The van der Waals surface area contributed by atoms with E-state index in [-0.39, 0.29) is 30.9 Å².